The van der Waals surface area contributed by atoms with Crippen LogP contribution >= 0.6 is 39.1 Å². The number of hydrogen-bond donors (Lipinski definition) is 1. The van der Waals surface area contributed by atoms with Crippen LogP contribution in [-0.2, 0) is 6.61 Å². The van der Waals surface area contributed by atoms with Gasteiger partial charge in [0, 0.05) is 22.3 Å². The molecule has 1 aromatic heterocycles. The highest BCUT2D eigenvalue weighted by Crippen LogP contribution is 2.32. The first-order valence-corrected chi connectivity index (χ1v) is 6.53. The van der Waals surface area contributed by atoms with Crippen LogP contribution in [-0.4, -0.2) is 10.1 Å². The second-order valence-electron chi connectivity index (χ2n) is 3.45. The second kappa shape index (κ2) is 5.89. The topological polar surface area (TPSA) is 42.4 Å². The Bertz CT molecular complexity index is 578. The molecule has 0 fully saturated rings. The van der Waals surface area contributed by atoms with Crippen LogP contribution < -0.4 is 4.74 Å². The van der Waals surface area contributed by atoms with E-state index in [1.165, 1.54) is 6.20 Å². The summed E-state index contributed by atoms with van der Waals surface area (Å²) in [6.07, 6.45) is 1.42. The van der Waals surface area contributed by atoms with Crippen molar-refractivity contribution < 1.29 is 9.84 Å². The summed E-state index contributed by atoms with van der Waals surface area (Å²) in [7, 11) is 0. The molecule has 1 N–H and O–H groups in total. The zero-order valence-corrected chi connectivity index (χ0v) is 12.1. The minimum atomic E-state index is -0.177. The summed E-state index contributed by atoms with van der Waals surface area (Å²) >= 11 is 15.2. The van der Waals surface area contributed by atoms with Gasteiger partial charge in [-0.2, -0.15) is 0 Å². The predicted octanol–water partition coefficient (Wildman–Crippen LogP) is 4.44. The van der Waals surface area contributed by atoms with Crippen LogP contribution in [0.2, 0.25) is 10.0 Å². The Morgan fingerprint density at radius 2 is 2.00 bits per heavy atom. The quantitative estimate of drug-likeness (QED) is 0.891. The van der Waals surface area contributed by atoms with E-state index in [4.69, 9.17) is 33.0 Å². The fraction of sp³-hybridized carbons (Fsp3) is 0.0833. The molecule has 0 radical (unpaired) electrons. The molecule has 0 aliphatic heterocycles. The van der Waals surface area contributed by atoms with Crippen molar-refractivity contribution in [2.45, 2.75) is 6.61 Å². The molecule has 0 bridgehead atoms. The third-order valence-corrected chi connectivity index (χ3v) is 3.33. The largest absolute Gasteiger partial charge is 0.437 e. The molecule has 1 heterocycles. The van der Waals surface area contributed by atoms with E-state index in [9.17, 15) is 0 Å². The third kappa shape index (κ3) is 3.14. The summed E-state index contributed by atoms with van der Waals surface area (Å²) < 4.78 is 6.39. The number of rotatable bonds is 3. The Labute approximate surface area is 122 Å². The van der Waals surface area contributed by atoms with E-state index < -0.39 is 0 Å². The monoisotopic (exact) mass is 347 g/mol. The summed E-state index contributed by atoms with van der Waals surface area (Å²) in [5, 5.41) is 9.97. The van der Waals surface area contributed by atoms with Crippen molar-refractivity contribution in [2.75, 3.05) is 0 Å². The van der Waals surface area contributed by atoms with Crippen LogP contribution in [0.15, 0.2) is 34.9 Å². The van der Waals surface area contributed by atoms with Gasteiger partial charge in [0.15, 0.2) is 0 Å². The minimum absolute atomic E-state index is 0.177. The molecular weight excluding hydrogens is 341 g/mol. The van der Waals surface area contributed by atoms with E-state index in [0.29, 0.717) is 27.2 Å². The number of hydrogen-bond acceptors (Lipinski definition) is 3. The number of aliphatic hydroxyl groups is 1. The molecule has 0 amide bonds. The molecule has 94 valence electrons. The Morgan fingerprint density at radius 3 is 2.72 bits per heavy atom. The van der Waals surface area contributed by atoms with Gasteiger partial charge in [-0.3, -0.25) is 0 Å². The van der Waals surface area contributed by atoms with Crippen molar-refractivity contribution in [3.63, 3.8) is 0 Å². The summed E-state index contributed by atoms with van der Waals surface area (Å²) in [6, 6.07) is 6.82. The average molecular weight is 349 g/mol. The Morgan fingerprint density at radius 1 is 1.22 bits per heavy atom. The van der Waals surface area contributed by atoms with Crippen LogP contribution in [0.1, 0.15) is 5.56 Å². The molecule has 0 aliphatic rings. The van der Waals surface area contributed by atoms with Gasteiger partial charge in [0.1, 0.15) is 5.75 Å². The second-order valence-corrected chi connectivity index (χ2v) is 5.18. The molecule has 0 spiro atoms. The molecule has 0 saturated heterocycles. The molecular formula is C12H8BrCl2NO2. The van der Waals surface area contributed by atoms with Crippen LogP contribution in [0.5, 0.6) is 11.6 Å². The number of pyridine rings is 1. The van der Waals surface area contributed by atoms with Gasteiger partial charge in [-0.05, 0) is 18.2 Å². The van der Waals surface area contributed by atoms with Crippen molar-refractivity contribution >= 4 is 39.1 Å². The number of ether oxygens (including phenoxy) is 1. The molecule has 0 aliphatic carbocycles. The molecule has 2 aromatic rings. The zero-order valence-electron chi connectivity index (χ0n) is 9.03. The van der Waals surface area contributed by atoms with Gasteiger partial charge in [-0.25, -0.2) is 4.98 Å². The first-order chi connectivity index (χ1) is 8.60. The van der Waals surface area contributed by atoms with E-state index in [1.54, 1.807) is 18.2 Å². The summed E-state index contributed by atoms with van der Waals surface area (Å²) in [4.78, 5) is 4.01. The highest BCUT2D eigenvalue weighted by atomic mass is 79.9. The van der Waals surface area contributed by atoms with Crippen molar-refractivity contribution in [1.29, 1.82) is 0 Å². The fourth-order valence-corrected chi connectivity index (χ4v) is 1.96. The minimum Gasteiger partial charge on any atom is -0.437 e. The SMILES string of the molecule is OCc1cc(Oc2cc(Br)ccc2Cl)ncc1Cl. The van der Waals surface area contributed by atoms with Gasteiger partial charge in [0.25, 0.3) is 0 Å². The van der Waals surface area contributed by atoms with E-state index in [0.717, 1.165) is 4.47 Å². The predicted molar refractivity (Wildman–Crippen MR) is 74.4 cm³/mol. The van der Waals surface area contributed by atoms with E-state index in [1.807, 2.05) is 6.07 Å². The van der Waals surface area contributed by atoms with Crippen molar-refractivity contribution in [3.05, 3.63) is 50.5 Å². The van der Waals surface area contributed by atoms with Gasteiger partial charge < -0.3 is 9.84 Å². The van der Waals surface area contributed by atoms with Gasteiger partial charge in [0.05, 0.1) is 16.7 Å². The molecule has 3 nitrogen and oxygen atoms in total. The van der Waals surface area contributed by atoms with Gasteiger partial charge in [-0.1, -0.05) is 39.1 Å². The van der Waals surface area contributed by atoms with Crippen molar-refractivity contribution in [1.82, 2.24) is 4.98 Å². The lowest BCUT2D eigenvalue weighted by molar-refractivity contribution is 0.281. The molecule has 0 saturated carbocycles. The van der Waals surface area contributed by atoms with Crippen LogP contribution in [0, 0.1) is 0 Å². The van der Waals surface area contributed by atoms with Gasteiger partial charge in [-0.15, -0.1) is 0 Å². The lowest BCUT2D eigenvalue weighted by atomic mass is 10.3. The lowest BCUT2D eigenvalue weighted by Crippen LogP contribution is -1.92. The number of aliphatic hydroxyl groups excluding tert-OH is 1. The number of aromatic nitrogens is 1. The van der Waals surface area contributed by atoms with Crippen LogP contribution in [0.3, 0.4) is 0 Å². The van der Waals surface area contributed by atoms with E-state index in [2.05, 4.69) is 20.9 Å². The average Bonchev–Trinajstić information content (AvgIpc) is 2.36. The standard InChI is InChI=1S/C12H8BrCl2NO2/c13-8-1-2-9(14)11(4-8)18-12-3-7(6-17)10(15)5-16-12/h1-5,17H,6H2. The first kappa shape index (κ1) is 13.6. The molecule has 0 unspecified atom stereocenters. The maximum atomic E-state index is 9.11. The molecule has 2 rings (SSSR count). The molecule has 1 aromatic carbocycles. The number of nitrogens with zero attached hydrogens (tertiary/aromatic N) is 1. The van der Waals surface area contributed by atoms with Crippen LogP contribution in [0.25, 0.3) is 0 Å². The van der Waals surface area contributed by atoms with Crippen LogP contribution in [0.4, 0.5) is 0 Å². The van der Waals surface area contributed by atoms with E-state index in [-0.39, 0.29) is 6.61 Å². The van der Waals surface area contributed by atoms with E-state index >= 15 is 0 Å². The Balaban J connectivity index is 2.31. The maximum absolute atomic E-state index is 9.11. The fourth-order valence-electron chi connectivity index (χ4n) is 1.30. The molecule has 6 heteroatoms. The van der Waals surface area contributed by atoms with Crippen molar-refractivity contribution in [2.24, 2.45) is 0 Å². The summed E-state index contributed by atoms with van der Waals surface area (Å²) in [5.41, 5.74) is 0.549. The smallest absolute Gasteiger partial charge is 0.219 e. The number of halogens is 3. The molecule has 0 atom stereocenters. The normalized spacial score (nSPS) is 10.4. The maximum Gasteiger partial charge on any atom is 0.219 e. The Kier molecular flexibility index (Phi) is 4.45. The highest BCUT2D eigenvalue weighted by Gasteiger charge is 2.07. The lowest BCUT2D eigenvalue weighted by Gasteiger charge is -2.08. The summed E-state index contributed by atoms with van der Waals surface area (Å²) in [5.74, 6) is 0.799. The van der Waals surface area contributed by atoms with Gasteiger partial charge >= 0.3 is 0 Å². The number of benzene rings is 1. The molecule has 18 heavy (non-hydrogen) atoms. The first-order valence-electron chi connectivity index (χ1n) is 4.98. The summed E-state index contributed by atoms with van der Waals surface area (Å²) in [6.45, 7) is -0.177. The Hall–Kier alpha value is -0.810. The third-order valence-electron chi connectivity index (χ3n) is 2.19. The highest BCUT2D eigenvalue weighted by molar-refractivity contribution is 9.10. The zero-order chi connectivity index (χ0) is 13.1. The van der Waals surface area contributed by atoms with Crippen molar-refractivity contribution in [3.8, 4) is 11.6 Å². The van der Waals surface area contributed by atoms with Gasteiger partial charge in [0.2, 0.25) is 5.88 Å².